The lowest BCUT2D eigenvalue weighted by Gasteiger charge is -2.35. The zero-order valence-corrected chi connectivity index (χ0v) is 11.3. The molecule has 1 rings (SSSR count). The van der Waals surface area contributed by atoms with Crippen LogP contribution in [0, 0.1) is 5.92 Å². The van der Waals surface area contributed by atoms with Gasteiger partial charge in [0.25, 0.3) is 0 Å². The first-order valence-electron chi connectivity index (χ1n) is 5.98. The summed E-state index contributed by atoms with van der Waals surface area (Å²) >= 11 is 0. The van der Waals surface area contributed by atoms with E-state index < -0.39 is 29.7 Å². The van der Waals surface area contributed by atoms with Crippen LogP contribution in [0.4, 0.5) is 4.79 Å². The molecule has 2 atom stereocenters. The minimum Gasteiger partial charge on any atom is -0.469 e. The summed E-state index contributed by atoms with van der Waals surface area (Å²) < 4.78 is 9.84. The van der Waals surface area contributed by atoms with Crippen molar-refractivity contribution in [1.82, 2.24) is 4.90 Å². The third-order valence-electron chi connectivity index (χ3n) is 2.73. The van der Waals surface area contributed by atoms with E-state index in [1.165, 1.54) is 12.0 Å². The van der Waals surface area contributed by atoms with Gasteiger partial charge in [0.05, 0.1) is 13.2 Å². The Kier molecular flexibility index (Phi) is 4.56. The summed E-state index contributed by atoms with van der Waals surface area (Å²) in [5.74, 6) is -1.20. The first-order chi connectivity index (χ1) is 8.24. The van der Waals surface area contributed by atoms with Crippen LogP contribution in [0.1, 0.15) is 27.2 Å². The highest BCUT2D eigenvalue weighted by Gasteiger charge is 2.37. The van der Waals surface area contributed by atoms with Crippen LogP contribution in [0.5, 0.6) is 0 Å². The first kappa shape index (κ1) is 14.8. The van der Waals surface area contributed by atoms with Crippen LogP contribution in [-0.4, -0.2) is 54.0 Å². The predicted octanol–water partition coefficient (Wildman–Crippen LogP) is 0.777. The zero-order valence-electron chi connectivity index (χ0n) is 11.3. The second-order valence-corrected chi connectivity index (χ2v) is 5.41. The van der Waals surface area contributed by atoms with E-state index in [1.54, 1.807) is 20.8 Å². The Morgan fingerprint density at radius 1 is 1.33 bits per heavy atom. The van der Waals surface area contributed by atoms with Gasteiger partial charge in [-0.3, -0.25) is 4.79 Å². The number of aliphatic hydroxyl groups is 1. The summed E-state index contributed by atoms with van der Waals surface area (Å²) in [6.07, 6.45) is -0.890. The number of hydrogen-bond acceptors (Lipinski definition) is 5. The van der Waals surface area contributed by atoms with Crippen molar-refractivity contribution in [2.45, 2.75) is 38.9 Å². The normalized spacial score (nSPS) is 24.6. The molecule has 0 unspecified atom stereocenters. The van der Waals surface area contributed by atoms with Crippen LogP contribution in [0.2, 0.25) is 0 Å². The molecule has 6 nitrogen and oxygen atoms in total. The molecule has 1 amide bonds. The lowest BCUT2D eigenvalue weighted by atomic mass is 9.95. The summed E-state index contributed by atoms with van der Waals surface area (Å²) in [7, 11) is 1.27. The smallest absolute Gasteiger partial charge is 0.410 e. The Morgan fingerprint density at radius 3 is 2.44 bits per heavy atom. The van der Waals surface area contributed by atoms with Crippen molar-refractivity contribution in [3.8, 4) is 0 Å². The van der Waals surface area contributed by atoms with Crippen molar-refractivity contribution in [2.24, 2.45) is 5.92 Å². The number of piperidine rings is 1. The van der Waals surface area contributed by atoms with Gasteiger partial charge in [-0.2, -0.15) is 0 Å². The molecule has 1 saturated heterocycles. The number of amides is 1. The lowest BCUT2D eigenvalue weighted by Crippen LogP contribution is -2.50. The molecule has 18 heavy (non-hydrogen) atoms. The lowest BCUT2D eigenvalue weighted by molar-refractivity contribution is -0.152. The molecule has 0 radical (unpaired) electrons. The van der Waals surface area contributed by atoms with Crippen molar-refractivity contribution in [3.05, 3.63) is 0 Å². The Bertz CT molecular complexity index is 323. The minimum atomic E-state index is -0.767. The summed E-state index contributed by atoms with van der Waals surface area (Å²) in [4.78, 5) is 24.7. The Labute approximate surface area is 107 Å². The molecule has 0 aromatic heterocycles. The van der Waals surface area contributed by atoms with E-state index in [2.05, 4.69) is 4.74 Å². The molecular formula is C12H21NO5. The molecule has 104 valence electrons. The van der Waals surface area contributed by atoms with E-state index in [0.717, 1.165) is 0 Å². The quantitative estimate of drug-likeness (QED) is 0.704. The molecule has 0 aromatic carbocycles. The van der Waals surface area contributed by atoms with Crippen LogP contribution >= 0.6 is 0 Å². The maximum atomic E-state index is 11.8. The number of rotatable bonds is 1. The topological polar surface area (TPSA) is 76.1 Å². The molecule has 1 N–H and O–H groups in total. The molecule has 1 fully saturated rings. The van der Waals surface area contributed by atoms with Crippen molar-refractivity contribution >= 4 is 12.1 Å². The number of carbonyl (C=O) groups excluding carboxylic acids is 2. The number of carbonyl (C=O) groups is 2. The van der Waals surface area contributed by atoms with Gasteiger partial charge in [-0.05, 0) is 27.2 Å². The first-order valence-corrected chi connectivity index (χ1v) is 5.98. The molecule has 1 heterocycles. The molecule has 0 aliphatic carbocycles. The molecule has 0 spiro atoms. The Hall–Kier alpha value is -1.30. The van der Waals surface area contributed by atoms with E-state index in [-0.39, 0.29) is 6.54 Å². The molecule has 0 saturated carbocycles. The van der Waals surface area contributed by atoms with Gasteiger partial charge in [0, 0.05) is 13.1 Å². The third-order valence-corrected chi connectivity index (χ3v) is 2.73. The van der Waals surface area contributed by atoms with Crippen LogP contribution in [0.25, 0.3) is 0 Å². The maximum Gasteiger partial charge on any atom is 0.410 e. The van der Waals surface area contributed by atoms with E-state index >= 15 is 0 Å². The van der Waals surface area contributed by atoms with Crippen molar-refractivity contribution in [1.29, 1.82) is 0 Å². The second-order valence-electron chi connectivity index (χ2n) is 5.41. The molecule has 1 aliphatic rings. The van der Waals surface area contributed by atoms with Gasteiger partial charge in [-0.15, -0.1) is 0 Å². The number of nitrogens with zero attached hydrogens (tertiary/aromatic N) is 1. The van der Waals surface area contributed by atoms with Crippen molar-refractivity contribution < 1.29 is 24.2 Å². The summed E-state index contributed by atoms with van der Waals surface area (Å²) in [5, 5.41) is 9.72. The number of aliphatic hydroxyl groups excluding tert-OH is 1. The summed E-state index contributed by atoms with van der Waals surface area (Å²) in [5.41, 5.74) is -0.575. The molecule has 1 aliphatic heterocycles. The van der Waals surface area contributed by atoms with Gasteiger partial charge >= 0.3 is 12.1 Å². The summed E-state index contributed by atoms with van der Waals surface area (Å²) in [6.45, 7) is 5.84. The van der Waals surface area contributed by atoms with Gasteiger partial charge in [-0.25, -0.2) is 4.79 Å². The highest BCUT2D eigenvalue weighted by molar-refractivity contribution is 5.75. The van der Waals surface area contributed by atoms with Crippen LogP contribution in [-0.2, 0) is 14.3 Å². The Balaban J connectivity index is 2.64. The average Bonchev–Trinajstić information content (AvgIpc) is 2.26. The van der Waals surface area contributed by atoms with Gasteiger partial charge in [0.1, 0.15) is 11.5 Å². The fourth-order valence-electron chi connectivity index (χ4n) is 1.81. The SMILES string of the molecule is COC(=O)[C@H]1CN(C(=O)OC(C)(C)C)CC[C@@H]1O. The second kappa shape index (κ2) is 5.56. The standard InChI is InChI=1S/C12H21NO5/c1-12(2,3)18-11(16)13-6-5-9(14)8(7-13)10(15)17-4/h8-9,14H,5-7H2,1-4H3/t8-,9-/m0/s1. The summed E-state index contributed by atoms with van der Waals surface area (Å²) in [6, 6.07) is 0. The largest absolute Gasteiger partial charge is 0.469 e. The van der Waals surface area contributed by atoms with Gasteiger partial charge < -0.3 is 19.5 Å². The number of methoxy groups -OCH3 is 1. The Morgan fingerprint density at radius 2 is 1.94 bits per heavy atom. The molecule has 0 bridgehead atoms. The zero-order chi connectivity index (χ0) is 13.9. The molecule has 6 heteroatoms. The van der Waals surface area contributed by atoms with Crippen LogP contribution < -0.4 is 0 Å². The maximum absolute atomic E-state index is 11.8. The van der Waals surface area contributed by atoms with Gasteiger partial charge in [-0.1, -0.05) is 0 Å². The molecule has 0 aromatic rings. The fraction of sp³-hybridized carbons (Fsp3) is 0.833. The van der Waals surface area contributed by atoms with Crippen molar-refractivity contribution in [3.63, 3.8) is 0 Å². The highest BCUT2D eigenvalue weighted by Crippen LogP contribution is 2.20. The third kappa shape index (κ3) is 3.87. The van der Waals surface area contributed by atoms with Gasteiger partial charge in [0.2, 0.25) is 0 Å². The average molecular weight is 259 g/mol. The predicted molar refractivity (Wildman–Crippen MR) is 63.9 cm³/mol. The van der Waals surface area contributed by atoms with Crippen molar-refractivity contribution in [2.75, 3.05) is 20.2 Å². The number of likely N-dealkylation sites (tertiary alicyclic amines) is 1. The van der Waals surface area contributed by atoms with E-state index in [9.17, 15) is 14.7 Å². The van der Waals surface area contributed by atoms with Gasteiger partial charge in [0.15, 0.2) is 0 Å². The monoisotopic (exact) mass is 259 g/mol. The van der Waals surface area contributed by atoms with E-state index in [0.29, 0.717) is 13.0 Å². The minimum absolute atomic E-state index is 0.128. The van der Waals surface area contributed by atoms with E-state index in [4.69, 9.17) is 4.74 Å². The van der Waals surface area contributed by atoms with Crippen LogP contribution in [0.3, 0.4) is 0 Å². The van der Waals surface area contributed by atoms with E-state index in [1.807, 2.05) is 0 Å². The fourth-order valence-corrected chi connectivity index (χ4v) is 1.81. The number of hydrogen-bond donors (Lipinski definition) is 1. The van der Waals surface area contributed by atoms with Crippen LogP contribution in [0.15, 0.2) is 0 Å². The number of esters is 1. The highest BCUT2D eigenvalue weighted by atomic mass is 16.6. The number of ether oxygens (including phenoxy) is 2. The molecular weight excluding hydrogens is 238 g/mol.